The van der Waals surface area contributed by atoms with Gasteiger partial charge in [-0.1, -0.05) is 26.2 Å². The Morgan fingerprint density at radius 1 is 1.30 bits per heavy atom. The highest BCUT2D eigenvalue weighted by molar-refractivity contribution is 7.12. The van der Waals surface area contributed by atoms with E-state index in [1.165, 1.54) is 34.8 Å². The van der Waals surface area contributed by atoms with Crippen molar-refractivity contribution in [2.45, 2.75) is 71.4 Å². The molecule has 0 aliphatic heterocycles. The Hall–Kier alpha value is -0.450. The van der Waals surface area contributed by atoms with E-state index in [4.69, 9.17) is 9.72 Å². The largest absolute Gasteiger partial charge is 0.368 e. The summed E-state index contributed by atoms with van der Waals surface area (Å²) >= 11 is 1.85. The van der Waals surface area contributed by atoms with E-state index in [0.29, 0.717) is 6.04 Å². The minimum atomic E-state index is -0.105. The zero-order valence-corrected chi connectivity index (χ0v) is 14.1. The number of thiazole rings is 1. The lowest BCUT2D eigenvalue weighted by Gasteiger charge is -2.35. The third-order valence-electron chi connectivity index (χ3n) is 4.21. The van der Waals surface area contributed by atoms with Gasteiger partial charge in [0, 0.05) is 17.5 Å². The third-order valence-corrected chi connectivity index (χ3v) is 5.73. The van der Waals surface area contributed by atoms with Crippen LogP contribution in [-0.2, 0) is 10.3 Å². The number of hydrogen-bond donors (Lipinski definition) is 1. The molecule has 1 N–H and O–H groups in total. The second kappa shape index (κ2) is 7.01. The highest BCUT2D eigenvalue weighted by Gasteiger charge is 2.38. The van der Waals surface area contributed by atoms with Crippen LogP contribution >= 0.6 is 11.3 Å². The van der Waals surface area contributed by atoms with Crippen molar-refractivity contribution in [2.24, 2.45) is 0 Å². The average Bonchev–Trinajstić information content (AvgIpc) is 2.83. The van der Waals surface area contributed by atoms with Gasteiger partial charge in [0.2, 0.25) is 0 Å². The van der Waals surface area contributed by atoms with Crippen LogP contribution < -0.4 is 5.32 Å². The van der Waals surface area contributed by atoms with Crippen molar-refractivity contribution in [3.63, 3.8) is 0 Å². The molecular formula is C16H28N2OS. The molecule has 20 heavy (non-hydrogen) atoms. The minimum absolute atomic E-state index is 0.105. The molecule has 0 bridgehead atoms. The van der Waals surface area contributed by atoms with Gasteiger partial charge >= 0.3 is 0 Å². The second-order valence-corrected chi connectivity index (χ2v) is 6.77. The maximum absolute atomic E-state index is 6.19. The van der Waals surface area contributed by atoms with Crippen LogP contribution in [0.4, 0.5) is 0 Å². The standard InChI is InChI=1S/C16H28N2OS/c1-5-17-12(3)14-13(4)18-15(20-14)16(19-6-2)10-8-7-9-11-16/h12,17H,5-11H2,1-4H3. The van der Waals surface area contributed by atoms with Gasteiger partial charge in [0.05, 0.1) is 5.69 Å². The van der Waals surface area contributed by atoms with Crippen LogP contribution in [0.1, 0.15) is 74.5 Å². The van der Waals surface area contributed by atoms with Crippen LogP contribution in [0.5, 0.6) is 0 Å². The molecule has 1 aromatic rings. The molecule has 1 atom stereocenters. The second-order valence-electron chi connectivity index (χ2n) is 5.74. The first-order chi connectivity index (χ1) is 9.63. The van der Waals surface area contributed by atoms with Crippen molar-refractivity contribution in [3.05, 3.63) is 15.6 Å². The molecule has 0 aromatic carbocycles. The first-order valence-electron chi connectivity index (χ1n) is 7.98. The Bertz CT molecular complexity index is 419. The first-order valence-corrected chi connectivity index (χ1v) is 8.79. The molecule has 3 nitrogen and oxygen atoms in total. The number of ether oxygens (including phenoxy) is 1. The Morgan fingerprint density at radius 3 is 2.60 bits per heavy atom. The molecule has 1 saturated carbocycles. The monoisotopic (exact) mass is 296 g/mol. The normalized spacial score (nSPS) is 20.0. The molecule has 0 spiro atoms. The number of rotatable bonds is 6. The molecule has 1 aliphatic carbocycles. The first kappa shape index (κ1) is 15.9. The summed E-state index contributed by atoms with van der Waals surface area (Å²) in [5.41, 5.74) is 1.06. The van der Waals surface area contributed by atoms with Gasteiger partial charge in [-0.15, -0.1) is 11.3 Å². The average molecular weight is 296 g/mol. The number of aromatic nitrogens is 1. The summed E-state index contributed by atoms with van der Waals surface area (Å²) < 4.78 is 6.19. The van der Waals surface area contributed by atoms with Crippen molar-refractivity contribution in [3.8, 4) is 0 Å². The summed E-state index contributed by atoms with van der Waals surface area (Å²) in [7, 11) is 0. The van der Waals surface area contributed by atoms with Crippen LogP contribution in [0.3, 0.4) is 0 Å². The summed E-state index contributed by atoms with van der Waals surface area (Å²) in [6.45, 7) is 10.4. The van der Waals surface area contributed by atoms with Crippen molar-refractivity contribution in [1.29, 1.82) is 0 Å². The molecule has 1 heterocycles. The molecule has 0 radical (unpaired) electrons. The van der Waals surface area contributed by atoms with Crippen LogP contribution in [-0.4, -0.2) is 18.1 Å². The topological polar surface area (TPSA) is 34.1 Å². The molecule has 1 aliphatic rings. The zero-order valence-electron chi connectivity index (χ0n) is 13.3. The zero-order chi connectivity index (χ0) is 14.6. The Labute approximate surface area is 127 Å². The third kappa shape index (κ3) is 3.23. The maximum Gasteiger partial charge on any atom is 0.125 e. The summed E-state index contributed by atoms with van der Waals surface area (Å²) in [5.74, 6) is 0. The molecule has 114 valence electrons. The molecular weight excluding hydrogens is 268 g/mol. The predicted octanol–water partition coefficient (Wildman–Crippen LogP) is 4.32. The van der Waals surface area contributed by atoms with Crippen molar-refractivity contribution in [1.82, 2.24) is 10.3 Å². The lowest BCUT2D eigenvalue weighted by atomic mass is 9.85. The van der Waals surface area contributed by atoms with Gasteiger partial charge < -0.3 is 10.1 Å². The summed E-state index contributed by atoms with van der Waals surface area (Å²) in [6, 6.07) is 0.383. The van der Waals surface area contributed by atoms with Crippen molar-refractivity contribution >= 4 is 11.3 Å². The van der Waals surface area contributed by atoms with Gasteiger partial charge in [-0.05, 0) is 40.2 Å². The van der Waals surface area contributed by atoms with Gasteiger partial charge in [-0.25, -0.2) is 4.98 Å². The molecule has 2 rings (SSSR count). The summed E-state index contributed by atoms with van der Waals surface area (Å²) in [6.07, 6.45) is 6.11. The maximum atomic E-state index is 6.19. The van der Waals surface area contributed by atoms with E-state index in [2.05, 4.69) is 33.0 Å². The summed E-state index contributed by atoms with van der Waals surface area (Å²) in [4.78, 5) is 6.25. The Kier molecular flexibility index (Phi) is 5.58. The number of aryl methyl sites for hydroxylation is 1. The Morgan fingerprint density at radius 2 is 2.00 bits per heavy atom. The number of nitrogens with one attached hydrogen (secondary N) is 1. The Balaban J connectivity index is 2.27. The molecule has 1 unspecified atom stereocenters. The van der Waals surface area contributed by atoms with E-state index in [9.17, 15) is 0 Å². The van der Waals surface area contributed by atoms with E-state index in [-0.39, 0.29) is 5.60 Å². The molecule has 0 amide bonds. The van der Waals surface area contributed by atoms with Crippen LogP contribution in [0.25, 0.3) is 0 Å². The molecule has 1 aromatic heterocycles. The number of hydrogen-bond acceptors (Lipinski definition) is 4. The quantitative estimate of drug-likeness (QED) is 0.849. The molecule has 1 fully saturated rings. The van der Waals surface area contributed by atoms with Gasteiger partial charge in [0.25, 0.3) is 0 Å². The van der Waals surface area contributed by atoms with Crippen LogP contribution in [0, 0.1) is 6.92 Å². The van der Waals surface area contributed by atoms with Gasteiger partial charge in [0.15, 0.2) is 0 Å². The fourth-order valence-corrected chi connectivity index (χ4v) is 4.52. The fourth-order valence-electron chi connectivity index (χ4n) is 3.22. The van der Waals surface area contributed by atoms with E-state index >= 15 is 0 Å². The van der Waals surface area contributed by atoms with Gasteiger partial charge in [-0.2, -0.15) is 0 Å². The van der Waals surface area contributed by atoms with E-state index in [0.717, 1.165) is 26.0 Å². The summed E-state index contributed by atoms with van der Waals surface area (Å²) in [5, 5.41) is 4.70. The smallest absolute Gasteiger partial charge is 0.125 e. The van der Waals surface area contributed by atoms with Crippen LogP contribution in [0.2, 0.25) is 0 Å². The lowest BCUT2D eigenvalue weighted by Crippen LogP contribution is -2.32. The highest BCUT2D eigenvalue weighted by Crippen LogP contribution is 2.43. The van der Waals surface area contributed by atoms with Crippen LogP contribution in [0.15, 0.2) is 0 Å². The van der Waals surface area contributed by atoms with E-state index in [1.54, 1.807) is 0 Å². The molecule has 4 heteroatoms. The lowest BCUT2D eigenvalue weighted by molar-refractivity contribution is -0.0705. The number of nitrogens with zero attached hydrogens (tertiary/aromatic N) is 1. The highest BCUT2D eigenvalue weighted by atomic mass is 32.1. The van der Waals surface area contributed by atoms with E-state index in [1.807, 2.05) is 11.3 Å². The van der Waals surface area contributed by atoms with Gasteiger partial charge in [-0.3, -0.25) is 0 Å². The fraction of sp³-hybridized carbons (Fsp3) is 0.812. The van der Waals surface area contributed by atoms with Crippen molar-refractivity contribution in [2.75, 3.05) is 13.2 Å². The minimum Gasteiger partial charge on any atom is -0.368 e. The predicted molar refractivity (Wildman–Crippen MR) is 85.3 cm³/mol. The van der Waals surface area contributed by atoms with E-state index < -0.39 is 0 Å². The van der Waals surface area contributed by atoms with Gasteiger partial charge in [0.1, 0.15) is 10.6 Å². The molecule has 0 saturated heterocycles. The van der Waals surface area contributed by atoms with Crippen molar-refractivity contribution < 1.29 is 4.74 Å². The SMILES string of the molecule is CCNC(C)c1sc(C2(OCC)CCCCC2)nc1C.